The molecule has 1 aliphatic rings. The molecule has 1 N–H and O–H groups in total. The SMILES string of the molecule is COc1ccc([C@@H](C(=O)NC2CCCC2)N(C(=O)Cc2cccs2)c2cccc(Cl)c2)cc1. The van der Waals surface area contributed by atoms with E-state index in [9.17, 15) is 9.59 Å². The van der Waals surface area contributed by atoms with Gasteiger partial charge in [0, 0.05) is 21.6 Å². The first-order chi connectivity index (χ1) is 16.0. The second kappa shape index (κ2) is 10.9. The molecule has 0 spiro atoms. The maximum absolute atomic E-state index is 13.7. The fraction of sp³-hybridized carbons (Fsp3) is 0.308. The van der Waals surface area contributed by atoms with Gasteiger partial charge >= 0.3 is 0 Å². The molecule has 1 aromatic heterocycles. The molecular formula is C26H27ClN2O3S. The Bertz CT molecular complexity index is 1080. The Kier molecular flexibility index (Phi) is 7.68. The number of thiophene rings is 1. The zero-order valence-electron chi connectivity index (χ0n) is 18.5. The first-order valence-electron chi connectivity index (χ1n) is 11.1. The van der Waals surface area contributed by atoms with Crippen LogP contribution in [0.1, 0.15) is 42.2 Å². The van der Waals surface area contributed by atoms with Gasteiger partial charge in [-0.2, -0.15) is 0 Å². The summed E-state index contributed by atoms with van der Waals surface area (Å²) >= 11 is 7.81. The lowest BCUT2D eigenvalue weighted by molar-refractivity contribution is -0.127. The third-order valence-corrected chi connectivity index (χ3v) is 7.01. The van der Waals surface area contributed by atoms with Gasteiger partial charge in [-0.05, 0) is 60.2 Å². The van der Waals surface area contributed by atoms with Crippen LogP contribution in [0.5, 0.6) is 5.75 Å². The van der Waals surface area contributed by atoms with Gasteiger partial charge in [0.15, 0.2) is 0 Å². The normalized spacial score (nSPS) is 14.6. The number of ether oxygens (including phenoxy) is 1. The summed E-state index contributed by atoms with van der Waals surface area (Å²) in [5.41, 5.74) is 1.30. The van der Waals surface area contributed by atoms with E-state index in [-0.39, 0.29) is 24.3 Å². The Morgan fingerprint density at radius 3 is 2.52 bits per heavy atom. The van der Waals surface area contributed by atoms with Crippen LogP contribution in [-0.4, -0.2) is 25.0 Å². The Morgan fingerprint density at radius 2 is 1.88 bits per heavy atom. The van der Waals surface area contributed by atoms with Crippen molar-refractivity contribution in [2.75, 3.05) is 12.0 Å². The molecule has 2 amide bonds. The van der Waals surface area contributed by atoms with E-state index in [2.05, 4.69) is 5.32 Å². The number of nitrogens with one attached hydrogen (secondary N) is 1. The lowest BCUT2D eigenvalue weighted by atomic mass is 10.0. The van der Waals surface area contributed by atoms with Crippen molar-refractivity contribution in [2.45, 2.75) is 44.2 Å². The summed E-state index contributed by atoms with van der Waals surface area (Å²) in [4.78, 5) is 29.9. The number of rotatable bonds is 8. The predicted molar refractivity (Wildman–Crippen MR) is 133 cm³/mol. The molecule has 1 aliphatic carbocycles. The van der Waals surface area contributed by atoms with E-state index in [0.29, 0.717) is 22.0 Å². The van der Waals surface area contributed by atoms with Crippen molar-refractivity contribution in [1.82, 2.24) is 5.32 Å². The number of nitrogens with zero attached hydrogens (tertiary/aromatic N) is 1. The Morgan fingerprint density at radius 1 is 1.12 bits per heavy atom. The summed E-state index contributed by atoms with van der Waals surface area (Å²) in [6, 6.07) is 17.6. The van der Waals surface area contributed by atoms with Crippen LogP contribution in [0.2, 0.25) is 5.02 Å². The zero-order valence-corrected chi connectivity index (χ0v) is 20.1. The molecule has 0 radical (unpaired) electrons. The largest absolute Gasteiger partial charge is 0.497 e. The molecule has 7 heteroatoms. The summed E-state index contributed by atoms with van der Waals surface area (Å²) in [5.74, 6) is 0.335. The van der Waals surface area contributed by atoms with Crippen LogP contribution in [-0.2, 0) is 16.0 Å². The van der Waals surface area contributed by atoms with Crippen LogP contribution >= 0.6 is 22.9 Å². The van der Waals surface area contributed by atoms with Gasteiger partial charge in [0.05, 0.1) is 13.5 Å². The predicted octanol–water partition coefficient (Wildman–Crippen LogP) is 5.79. The zero-order chi connectivity index (χ0) is 23.2. The molecule has 3 aromatic rings. The van der Waals surface area contributed by atoms with Crippen molar-refractivity contribution in [3.05, 3.63) is 81.5 Å². The minimum Gasteiger partial charge on any atom is -0.497 e. The Balaban J connectivity index is 1.76. The van der Waals surface area contributed by atoms with Gasteiger partial charge < -0.3 is 10.1 Å². The Hall–Kier alpha value is -2.83. The molecule has 0 unspecified atom stereocenters. The topological polar surface area (TPSA) is 58.6 Å². The molecular weight excluding hydrogens is 456 g/mol. The van der Waals surface area contributed by atoms with Crippen molar-refractivity contribution in [1.29, 1.82) is 0 Å². The van der Waals surface area contributed by atoms with E-state index >= 15 is 0 Å². The van der Waals surface area contributed by atoms with E-state index in [0.717, 1.165) is 30.6 Å². The first-order valence-corrected chi connectivity index (χ1v) is 12.4. The fourth-order valence-electron chi connectivity index (χ4n) is 4.26. The molecule has 33 heavy (non-hydrogen) atoms. The van der Waals surface area contributed by atoms with Gasteiger partial charge in [-0.25, -0.2) is 0 Å². The molecule has 172 valence electrons. The highest BCUT2D eigenvalue weighted by molar-refractivity contribution is 7.10. The van der Waals surface area contributed by atoms with Crippen molar-refractivity contribution in [3.8, 4) is 5.75 Å². The number of hydrogen-bond donors (Lipinski definition) is 1. The standard InChI is InChI=1S/C26H27ClN2O3S/c1-32-22-13-11-18(12-14-22)25(26(31)28-20-7-2-3-8-20)29(21-9-4-6-19(27)16-21)24(30)17-23-10-5-15-33-23/h4-6,9-16,20,25H,2-3,7-8,17H2,1H3,(H,28,31)/t25-/m0/s1. The molecule has 0 bridgehead atoms. The molecule has 1 atom stereocenters. The third-order valence-electron chi connectivity index (χ3n) is 5.90. The number of amides is 2. The number of anilines is 1. The minimum atomic E-state index is -0.831. The van der Waals surface area contributed by atoms with Gasteiger partial charge in [0.25, 0.3) is 0 Å². The summed E-state index contributed by atoms with van der Waals surface area (Å²) < 4.78 is 5.30. The number of methoxy groups -OCH3 is 1. The third kappa shape index (κ3) is 5.75. The van der Waals surface area contributed by atoms with E-state index in [4.69, 9.17) is 16.3 Å². The van der Waals surface area contributed by atoms with Crippen molar-refractivity contribution in [2.24, 2.45) is 0 Å². The number of benzene rings is 2. The molecule has 0 saturated heterocycles. The first kappa shape index (κ1) is 23.3. The molecule has 0 aliphatic heterocycles. The number of halogens is 1. The average molecular weight is 483 g/mol. The molecule has 1 heterocycles. The number of carbonyl (C=O) groups is 2. The van der Waals surface area contributed by atoms with E-state index in [1.165, 1.54) is 11.3 Å². The molecule has 1 fully saturated rings. The minimum absolute atomic E-state index is 0.131. The van der Waals surface area contributed by atoms with Crippen molar-refractivity contribution >= 4 is 40.4 Å². The van der Waals surface area contributed by atoms with Crippen LogP contribution in [0.3, 0.4) is 0 Å². The van der Waals surface area contributed by atoms with Crippen LogP contribution < -0.4 is 15.0 Å². The van der Waals surface area contributed by atoms with Crippen LogP contribution in [0.25, 0.3) is 0 Å². The molecule has 4 rings (SSSR count). The summed E-state index contributed by atoms with van der Waals surface area (Å²) in [7, 11) is 1.60. The van der Waals surface area contributed by atoms with Crippen LogP contribution in [0.4, 0.5) is 5.69 Å². The maximum atomic E-state index is 13.7. The maximum Gasteiger partial charge on any atom is 0.248 e. The lowest BCUT2D eigenvalue weighted by Crippen LogP contribution is -2.46. The quantitative estimate of drug-likeness (QED) is 0.442. The smallest absolute Gasteiger partial charge is 0.248 e. The molecule has 5 nitrogen and oxygen atoms in total. The monoisotopic (exact) mass is 482 g/mol. The average Bonchev–Trinajstić information content (AvgIpc) is 3.52. The summed E-state index contributed by atoms with van der Waals surface area (Å²) in [6.45, 7) is 0. The second-order valence-corrected chi connectivity index (χ2v) is 9.63. The van der Waals surface area contributed by atoms with Crippen LogP contribution in [0, 0.1) is 0 Å². The van der Waals surface area contributed by atoms with Crippen molar-refractivity contribution < 1.29 is 14.3 Å². The van der Waals surface area contributed by atoms with Gasteiger partial charge in [-0.15, -0.1) is 11.3 Å². The fourth-order valence-corrected chi connectivity index (χ4v) is 5.14. The number of hydrogen-bond acceptors (Lipinski definition) is 4. The summed E-state index contributed by atoms with van der Waals surface area (Å²) in [6.07, 6.45) is 4.33. The highest BCUT2D eigenvalue weighted by atomic mass is 35.5. The molecule has 2 aromatic carbocycles. The highest BCUT2D eigenvalue weighted by Gasteiger charge is 2.34. The lowest BCUT2D eigenvalue weighted by Gasteiger charge is -2.32. The van der Waals surface area contributed by atoms with Crippen LogP contribution in [0.15, 0.2) is 66.0 Å². The van der Waals surface area contributed by atoms with E-state index in [1.807, 2.05) is 47.8 Å². The van der Waals surface area contributed by atoms with E-state index < -0.39 is 6.04 Å². The number of carbonyl (C=O) groups excluding carboxylic acids is 2. The van der Waals surface area contributed by atoms with Gasteiger partial charge in [-0.3, -0.25) is 14.5 Å². The Labute approximate surface area is 203 Å². The summed E-state index contributed by atoms with van der Waals surface area (Å²) in [5, 5.41) is 5.64. The van der Waals surface area contributed by atoms with Gasteiger partial charge in [-0.1, -0.05) is 48.7 Å². The highest BCUT2D eigenvalue weighted by Crippen LogP contribution is 2.32. The van der Waals surface area contributed by atoms with Gasteiger partial charge in [0.2, 0.25) is 11.8 Å². The van der Waals surface area contributed by atoms with E-state index in [1.54, 1.807) is 30.2 Å². The second-order valence-electron chi connectivity index (χ2n) is 8.17. The van der Waals surface area contributed by atoms with Crippen molar-refractivity contribution in [3.63, 3.8) is 0 Å². The molecule has 1 saturated carbocycles. The van der Waals surface area contributed by atoms with Gasteiger partial charge in [0.1, 0.15) is 11.8 Å².